The number of rotatable bonds is 1. The van der Waals surface area contributed by atoms with Crippen LogP contribution in [-0.2, 0) is 0 Å². The third-order valence-electron chi connectivity index (χ3n) is 1.94. The monoisotopic (exact) mass is 162 g/mol. The smallest absolute Gasteiger partial charge is 0.130 e. The molecule has 1 aromatic rings. The van der Waals surface area contributed by atoms with Crippen molar-refractivity contribution in [1.29, 1.82) is 0 Å². The lowest BCUT2D eigenvalue weighted by Crippen LogP contribution is -1.96. The molecule has 0 saturated heterocycles. The van der Waals surface area contributed by atoms with Gasteiger partial charge in [0, 0.05) is 11.5 Å². The number of benzene rings is 1. The second-order valence-corrected chi connectivity index (χ2v) is 2.87. The van der Waals surface area contributed by atoms with Crippen molar-refractivity contribution in [2.75, 3.05) is 0 Å². The van der Waals surface area contributed by atoms with Gasteiger partial charge in [0.25, 0.3) is 0 Å². The molecule has 1 rings (SSSR count). The summed E-state index contributed by atoms with van der Waals surface area (Å²) in [5, 5.41) is 0. The molecule has 0 amide bonds. The Morgan fingerprint density at radius 1 is 1.50 bits per heavy atom. The summed E-state index contributed by atoms with van der Waals surface area (Å²) in [6.07, 6.45) is 5.21. The van der Waals surface area contributed by atoms with Crippen molar-refractivity contribution in [2.24, 2.45) is 0 Å². The quantitative estimate of drug-likeness (QED) is 0.557. The molecule has 0 aliphatic heterocycles. The van der Waals surface area contributed by atoms with E-state index in [0.29, 0.717) is 11.1 Å². The average molecular weight is 162 g/mol. The first-order chi connectivity index (χ1) is 5.66. The van der Waals surface area contributed by atoms with E-state index in [4.69, 9.17) is 6.42 Å². The predicted octanol–water partition coefficient (Wildman–Crippen LogP) is 2.87. The Kier molecular flexibility index (Phi) is 2.50. The Labute approximate surface area is 72.4 Å². The Morgan fingerprint density at radius 3 is 2.75 bits per heavy atom. The Balaban J connectivity index is 3.18. The number of halogens is 1. The first kappa shape index (κ1) is 8.80. The molecule has 1 atom stereocenters. The van der Waals surface area contributed by atoms with Gasteiger partial charge in [-0.25, -0.2) is 4.39 Å². The van der Waals surface area contributed by atoms with Gasteiger partial charge in [-0.15, -0.1) is 6.42 Å². The van der Waals surface area contributed by atoms with E-state index in [2.05, 4.69) is 5.92 Å². The van der Waals surface area contributed by atoms with Crippen LogP contribution in [0.2, 0.25) is 0 Å². The van der Waals surface area contributed by atoms with Gasteiger partial charge in [-0.1, -0.05) is 24.1 Å². The predicted molar refractivity (Wildman–Crippen MR) is 48.4 cm³/mol. The van der Waals surface area contributed by atoms with E-state index in [1.165, 1.54) is 0 Å². The maximum absolute atomic E-state index is 13.3. The van der Waals surface area contributed by atoms with E-state index >= 15 is 0 Å². The molecule has 1 heteroatoms. The molecule has 0 N–H and O–H groups in total. The molecule has 0 aromatic heterocycles. The van der Waals surface area contributed by atoms with Gasteiger partial charge in [-0.05, 0) is 19.4 Å². The highest BCUT2D eigenvalue weighted by Gasteiger charge is 2.08. The van der Waals surface area contributed by atoms with Crippen LogP contribution in [0.15, 0.2) is 18.2 Å². The standard InChI is InChI=1S/C11H11F/c1-4-8(2)10-7-5-6-9(3)11(10)12/h1,5-8H,2-3H3. The third kappa shape index (κ3) is 1.48. The summed E-state index contributed by atoms with van der Waals surface area (Å²) in [6, 6.07) is 5.29. The van der Waals surface area contributed by atoms with Crippen LogP contribution in [0.1, 0.15) is 24.0 Å². The van der Waals surface area contributed by atoms with Gasteiger partial charge in [0.2, 0.25) is 0 Å². The van der Waals surface area contributed by atoms with Crippen LogP contribution < -0.4 is 0 Å². The zero-order valence-corrected chi connectivity index (χ0v) is 7.26. The van der Waals surface area contributed by atoms with Gasteiger partial charge in [-0.3, -0.25) is 0 Å². The van der Waals surface area contributed by atoms with Crippen molar-refractivity contribution in [3.05, 3.63) is 35.1 Å². The minimum atomic E-state index is -0.178. The molecule has 12 heavy (non-hydrogen) atoms. The Bertz CT molecular complexity index is 320. The molecule has 0 bridgehead atoms. The van der Waals surface area contributed by atoms with Crippen molar-refractivity contribution < 1.29 is 4.39 Å². The summed E-state index contributed by atoms with van der Waals surface area (Å²) in [4.78, 5) is 0. The Hall–Kier alpha value is -1.29. The SMILES string of the molecule is C#CC(C)c1cccc(C)c1F. The molecule has 0 saturated carbocycles. The first-order valence-corrected chi connectivity index (χ1v) is 3.88. The zero-order chi connectivity index (χ0) is 9.14. The molecule has 0 fully saturated rings. The first-order valence-electron chi connectivity index (χ1n) is 3.88. The second-order valence-electron chi connectivity index (χ2n) is 2.87. The van der Waals surface area contributed by atoms with E-state index in [0.717, 1.165) is 0 Å². The normalized spacial score (nSPS) is 12.2. The van der Waals surface area contributed by atoms with Crippen molar-refractivity contribution in [3.63, 3.8) is 0 Å². The van der Waals surface area contributed by atoms with Crippen LogP contribution in [0.3, 0.4) is 0 Å². The van der Waals surface area contributed by atoms with E-state index < -0.39 is 0 Å². The van der Waals surface area contributed by atoms with Gasteiger partial charge < -0.3 is 0 Å². The summed E-state index contributed by atoms with van der Waals surface area (Å²) in [6.45, 7) is 3.56. The van der Waals surface area contributed by atoms with Crippen molar-refractivity contribution >= 4 is 0 Å². The van der Waals surface area contributed by atoms with Crippen molar-refractivity contribution in [1.82, 2.24) is 0 Å². The molecular weight excluding hydrogens is 151 g/mol. The van der Waals surface area contributed by atoms with Gasteiger partial charge >= 0.3 is 0 Å². The summed E-state index contributed by atoms with van der Waals surface area (Å²) in [7, 11) is 0. The molecule has 0 radical (unpaired) electrons. The molecule has 62 valence electrons. The maximum Gasteiger partial charge on any atom is 0.130 e. The van der Waals surface area contributed by atoms with Crippen LogP contribution in [0.25, 0.3) is 0 Å². The van der Waals surface area contributed by atoms with E-state index in [1.54, 1.807) is 19.1 Å². The van der Waals surface area contributed by atoms with Gasteiger partial charge in [0.15, 0.2) is 0 Å². The van der Waals surface area contributed by atoms with Crippen LogP contribution in [0.5, 0.6) is 0 Å². The topological polar surface area (TPSA) is 0 Å². The van der Waals surface area contributed by atoms with Gasteiger partial charge in [-0.2, -0.15) is 0 Å². The highest BCUT2D eigenvalue weighted by Crippen LogP contribution is 2.19. The summed E-state index contributed by atoms with van der Waals surface area (Å²) < 4.78 is 13.3. The fraction of sp³-hybridized carbons (Fsp3) is 0.273. The van der Waals surface area contributed by atoms with Crippen LogP contribution >= 0.6 is 0 Å². The van der Waals surface area contributed by atoms with E-state index in [9.17, 15) is 4.39 Å². The fourth-order valence-corrected chi connectivity index (χ4v) is 1.09. The molecule has 0 nitrogen and oxygen atoms in total. The molecular formula is C11H11F. The third-order valence-corrected chi connectivity index (χ3v) is 1.94. The highest BCUT2D eigenvalue weighted by molar-refractivity contribution is 5.31. The second kappa shape index (κ2) is 3.40. The lowest BCUT2D eigenvalue weighted by atomic mass is 9.99. The van der Waals surface area contributed by atoms with Crippen molar-refractivity contribution in [3.8, 4) is 12.3 Å². The highest BCUT2D eigenvalue weighted by atomic mass is 19.1. The molecule has 0 spiro atoms. The van der Waals surface area contributed by atoms with Gasteiger partial charge in [0.1, 0.15) is 5.82 Å². The van der Waals surface area contributed by atoms with Crippen LogP contribution in [0, 0.1) is 25.1 Å². The zero-order valence-electron chi connectivity index (χ0n) is 7.26. The molecule has 1 unspecified atom stereocenters. The van der Waals surface area contributed by atoms with E-state index in [1.807, 2.05) is 13.0 Å². The molecule has 0 heterocycles. The van der Waals surface area contributed by atoms with Gasteiger partial charge in [0.05, 0.1) is 0 Å². The van der Waals surface area contributed by atoms with Crippen molar-refractivity contribution in [2.45, 2.75) is 19.8 Å². The van der Waals surface area contributed by atoms with Crippen LogP contribution in [-0.4, -0.2) is 0 Å². The number of hydrogen-bond donors (Lipinski definition) is 0. The largest absolute Gasteiger partial charge is 0.206 e. The number of hydrogen-bond acceptors (Lipinski definition) is 0. The fourth-order valence-electron chi connectivity index (χ4n) is 1.09. The summed E-state index contributed by atoms with van der Waals surface area (Å²) in [5.41, 5.74) is 1.26. The number of aryl methyl sites for hydroxylation is 1. The minimum Gasteiger partial charge on any atom is -0.206 e. The minimum absolute atomic E-state index is 0.148. The molecule has 1 aromatic carbocycles. The molecule has 0 aliphatic carbocycles. The average Bonchev–Trinajstić information content (AvgIpc) is 2.08. The van der Waals surface area contributed by atoms with E-state index in [-0.39, 0.29) is 11.7 Å². The lowest BCUT2D eigenvalue weighted by Gasteiger charge is -2.07. The maximum atomic E-state index is 13.3. The van der Waals surface area contributed by atoms with Crippen LogP contribution in [0.4, 0.5) is 4.39 Å². The summed E-state index contributed by atoms with van der Waals surface area (Å²) >= 11 is 0. The number of terminal acetylenes is 1. The Morgan fingerprint density at radius 2 is 2.17 bits per heavy atom. The lowest BCUT2D eigenvalue weighted by molar-refractivity contribution is 0.598. The molecule has 0 aliphatic rings. The summed E-state index contributed by atoms with van der Waals surface area (Å²) in [5.74, 6) is 2.18.